The zero-order valence-corrected chi connectivity index (χ0v) is 15.3. The van der Waals surface area contributed by atoms with Crippen molar-refractivity contribution in [2.45, 2.75) is 26.3 Å². The van der Waals surface area contributed by atoms with Crippen molar-refractivity contribution in [2.75, 3.05) is 0 Å². The molecule has 0 radical (unpaired) electrons. The number of amides is 1. The van der Waals surface area contributed by atoms with Crippen LogP contribution in [0.1, 0.15) is 29.9 Å². The quantitative estimate of drug-likeness (QED) is 0.573. The summed E-state index contributed by atoms with van der Waals surface area (Å²) in [5.41, 5.74) is 4.81. The van der Waals surface area contributed by atoms with Gasteiger partial charge in [-0.15, -0.1) is 0 Å². The number of aromatic nitrogens is 4. The molecule has 2 aromatic carbocycles. The molecule has 27 heavy (non-hydrogen) atoms. The predicted molar refractivity (Wildman–Crippen MR) is 105 cm³/mol. The van der Waals surface area contributed by atoms with Gasteiger partial charge in [0.05, 0.1) is 29.2 Å². The minimum absolute atomic E-state index is 0.0200. The van der Waals surface area contributed by atoms with Crippen LogP contribution >= 0.6 is 0 Å². The van der Waals surface area contributed by atoms with Crippen LogP contribution in [0.3, 0.4) is 0 Å². The van der Waals surface area contributed by atoms with E-state index in [2.05, 4.69) is 20.4 Å². The zero-order valence-electron chi connectivity index (χ0n) is 15.3. The second-order valence-corrected chi connectivity index (χ2v) is 6.65. The summed E-state index contributed by atoms with van der Waals surface area (Å²) in [6.07, 6.45) is 3.96. The van der Waals surface area contributed by atoms with Gasteiger partial charge in [0.1, 0.15) is 5.82 Å². The highest BCUT2D eigenvalue weighted by Gasteiger charge is 2.15. The summed E-state index contributed by atoms with van der Waals surface area (Å²) in [4.78, 5) is 20.2. The van der Waals surface area contributed by atoms with Crippen LogP contribution in [0.4, 0.5) is 0 Å². The van der Waals surface area contributed by atoms with Crippen LogP contribution in [-0.2, 0) is 11.2 Å². The highest BCUT2D eigenvalue weighted by Crippen LogP contribution is 2.21. The molecule has 1 amide bonds. The lowest BCUT2D eigenvalue weighted by atomic mass is 10.1. The summed E-state index contributed by atoms with van der Waals surface area (Å²) in [7, 11) is 0. The third kappa shape index (κ3) is 3.60. The van der Waals surface area contributed by atoms with Gasteiger partial charge in [-0.1, -0.05) is 24.3 Å². The molecule has 1 unspecified atom stereocenters. The molecule has 2 heterocycles. The highest BCUT2D eigenvalue weighted by atomic mass is 16.1. The Bertz CT molecular complexity index is 1080. The maximum atomic E-state index is 12.6. The molecule has 0 saturated heterocycles. The third-order valence-corrected chi connectivity index (χ3v) is 4.56. The van der Waals surface area contributed by atoms with Gasteiger partial charge in [-0.25, -0.2) is 9.67 Å². The van der Waals surface area contributed by atoms with Crippen molar-refractivity contribution in [3.05, 3.63) is 77.9 Å². The number of nitrogens with one attached hydrogen (secondary N) is 2. The normalized spacial score (nSPS) is 12.2. The molecule has 6 heteroatoms. The summed E-state index contributed by atoms with van der Waals surface area (Å²) in [5.74, 6) is 0.851. The van der Waals surface area contributed by atoms with Crippen molar-refractivity contribution in [3.63, 3.8) is 0 Å². The van der Waals surface area contributed by atoms with Gasteiger partial charge in [0.2, 0.25) is 5.91 Å². The number of carbonyl (C=O) groups excluding carboxylic acids is 1. The van der Waals surface area contributed by atoms with E-state index in [0.717, 1.165) is 33.7 Å². The Balaban J connectivity index is 1.49. The number of para-hydroxylation sites is 1. The van der Waals surface area contributed by atoms with Gasteiger partial charge in [0.15, 0.2) is 0 Å². The van der Waals surface area contributed by atoms with Crippen molar-refractivity contribution in [1.82, 2.24) is 25.1 Å². The minimum atomic E-state index is -0.129. The van der Waals surface area contributed by atoms with Crippen molar-refractivity contribution in [1.29, 1.82) is 0 Å². The Morgan fingerprint density at radius 1 is 1.22 bits per heavy atom. The van der Waals surface area contributed by atoms with E-state index in [1.165, 1.54) is 0 Å². The zero-order chi connectivity index (χ0) is 18.8. The molecule has 136 valence electrons. The Kier molecular flexibility index (Phi) is 4.46. The molecular weight excluding hydrogens is 338 g/mol. The maximum absolute atomic E-state index is 12.6. The number of aryl methyl sites for hydroxylation is 1. The lowest BCUT2D eigenvalue weighted by molar-refractivity contribution is -0.121. The molecule has 0 aliphatic carbocycles. The van der Waals surface area contributed by atoms with Crippen LogP contribution < -0.4 is 5.32 Å². The fourth-order valence-corrected chi connectivity index (χ4v) is 3.32. The van der Waals surface area contributed by atoms with E-state index in [9.17, 15) is 4.79 Å². The van der Waals surface area contributed by atoms with Gasteiger partial charge in [-0.3, -0.25) is 4.79 Å². The second kappa shape index (κ2) is 7.07. The maximum Gasteiger partial charge on any atom is 0.224 e. The highest BCUT2D eigenvalue weighted by molar-refractivity contribution is 5.82. The summed E-state index contributed by atoms with van der Waals surface area (Å²) in [6.45, 7) is 3.91. The molecule has 0 saturated carbocycles. The summed E-state index contributed by atoms with van der Waals surface area (Å²) < 4.78 is 1.81. The average molecular weight is 359 g/mol. The van der Waals surface area contributed by atoms with E-state index in [0.29, 0.717) is 6.42 Å². The number of H-pyrrole nitrogens is 1. The van der Waals surface area contributed by atoms with Gasteiger partial charge in [-0.05, 0) is 49.2 Å². The fourth-order valence-electron chi connectivity index (χ4n) is 3.32. The summed E-state index contributed by atoms with van der Waals surface area (Å²) >= 11 is 0. The van der Waals surface area contributed by atoms with Crippen LogP contribution in [0.2, 0.25) is 0 Å². The Labute approximate surface area is 157 Å². The van der Waals surface area contributed by atoms with Crippen molar-refractivity contribution >= 4 is 16.9 Å². The molecule has 0 aliphatic rings. The van der Waals surface area contributed by atoms with Gasteiger partial charge in [0, 0.05) is 12.4 Å². The number of aromatic amines is 1. The lowest BCUT2D eigenvalue weighted by Gasteiger charge is -2.18. The molecule has 0 fully saturated rings. The average Bonchev–Trinajstić information content (AvgIpc) is 3.30. The predicted octanol–water partition coefficient (Wildman–Crippen LogP) is 3.48. The van der Waals surface area contributed by atoms with E-state index in [1.54, 1.807) is 6.20 Å². The number of imidazole rings is 1. The van der Waals surface area contributed by atoms with Crippen LogP contribution in [0.25, 0.3) is 16.7 Å². The Morgan fingerprint density at radius 2 is 2.07 bits per heavy atom. The van der Waals surface area contributed by atoms with Crippen molar-refractivity contribution in [3.8, 4) is 5.69 Å². The monoisotopic (exact) mass is 359 g/mol. The smallest absolute Gasteiger partial charge is 0.224 e. The molecule has 0 bridgehead atoms. The van der Waals surface area contributed by atoms with Crippen LogP contribution in [0.5, 0.6) is 0 Å². The fraction of sp³-hybridized carbons (Fsp3) is 0.190. The molecule has 4 aromatic rings. The number of nitrogens with zero attached hydrogens (tertiary/aromatic N) is 3. The number of rotatable bonds is 5. The van der Waals surface area contributed by atoms with Crippen LogP contribution in [0, 0.1) is 6.92 Å². The standard InChI is InChI=1S/C21H21N5O/c1-14(17-6-3-4-7-20(17)26-11-5-10-22-26)23-21(27)13-16-8-9-18-19(12-16)25-15(2)24-18/h3-12,14H,13H2,1-2H3,(H,23,27)(H,24,25). The molecule has 1 atom stereocenters. The molecular formula is C21H21N5O. The number of hydrogen-bond acceptors (Lipinski definition) is 3. The molecule has 6 nitrogen and oxygen atoms in total. The van der Waals surface area contributed by atoms with E-state index >= 15 is 0 Å². The van der Waals surface area contributed by atoms with E-state index in [1.807, 2.05) is 73.3 Å². The van der Waals surface area contributed by atoms with Gasteiger partial charge < -0.3 is 10.3 Å². The Morgan fingerprint density at radius 3 is 2.89 bits per heavy atom. The molecule has 0 spiro atoms. The molecule has 4 rings (SSSR count). The first-order valence-electron chi connectivity index (χ1n) is 8.94. The minimum Gasteiger partial charge on any atom is -0.349 e. The third-order valence-electron chi connectivity index (χ3n) is 4.56. The van der Waals surface area contributed by atoms with E-state index in [4.69, 9.17) is 0 Å². The number of carbonyl (C=O) groups is 1. The first-order chi connectivity index (χ1) is 13.1. The van der Waals surface area contributed by atoms with E-state index < -0.39 is 0 Å². The number of benzene rings is 2. The largest absolute Gasteiger partial charge is 0.349 e. The van der Waals surface area contributed by atoms with Gasteiger partial charge in [0.25, 0.3) is 0 Å². The summed E-state index contributed by atoms with van der Waals surface area (Å²) in [6, 6.07) is 15.6. The number of fused-ring (bicyclic) bond motifs is 1. The molecule has 2 N–H and O–H groups in total. The van der Waals surface area contributed by atoms with Crippen molar-refractivity contribution in [2.24, 2.45) is 0 Å². The summed E-state index contributed by atoms with van der Waals surface area (Å²) in [5, 5.41) is 7.40. The first kappa shape index (κ1) is 17.0. The lowest BCUT2D eigenvalue weighted by Crippen LogP contribution is -2.28. The second-order valence-electron chi connectivity index (χ2n) is 6.65. The van der Waals surface area contributed by atoms with Gasteiger partial charge >= 0.3 is 0 Å². The van der Waals surface area contributed by atoms with Gasteiger partial charge in [-0.2, -0.15) is 5.10 Å². The van der Waals surface area contributed by atoms with Crippen molar-refractivity contribution < 1.29 is 4.79 Å². The Hall–Kier alpha value is -3.41. The SMILES string of the molecule is Cc1nc2ccc(CC(=O)NC(C)c3ccccc3-n3cccn3)cc2[nH]1. The van der Waals surface area contributed by atoms with E-state index in [-0.39, 0.29) is 11.9 Å². The molecule has 2 aromatic heterocycles. The van der Waals surface area contributed by atoms with Crippen LogP contribution in [-0.4, -0.2) is 25.7 Å². The van der Waals surface area contributed by atoms with Crippen LogP contribution in [0.15, 0.2) is 60.9 Å². The number of hydrogen-bond donors (Lipinski definition) is 2. The topological polar surface area (TPSA) is 75.6 Å². The molecule has 0 aliphatic heterocycles. The first-order valence-corrected chi connectivity index (χ1v) is 8.94.